The summed E-state index contributed by atoms with van der Waals surface area (Å²) >= 11 is 0. The van der Waals surface area contributed by atoms with Crippen LogP contribution in [0.15, 0.2) is 23.6 Å². The minimum atomic E-state index is -1.23. The van der Waals surface area contributed by atoms with Gasteiger partial charge in [-0.15, -0.1) is 0 Å². The molecule has 2 aliphatic rings. The molecular weight excluding hydrogens is 552 g/mol. The molecule has 2 aliphatic heterocycles. The van der Waals surface area contributed by atoms with Crippen LogP contribution in [0.4, 0.5) is 11.6 Å². The van der Waals surface area contributed by atoms with Crippen LogP contribution in [0.1, 0.15) is 37.3 Å². The molecule has 17 heteroatoms. The number of aliphatic hydroxyl groups is 4. The molecule has 1 unspecified atom stereocenters. The largest absolute Gasteiger partial charge is 0.394 e. The summed E-state index contributed by atoms with van der Waals surface area (Å²) < 4.78 is 14.6. The van der Waals surface area contributed by atoms with E-state index in [1.165, 1.54) is 21.8 Å². The molecular formula is C25H38N10O7. The number of hydrogen-bond acceptors (Lipinski definition) is 15. The van der Waals surface area contributed by atoms with Crippen molar-refractivity contribution in [3.8, 4) is 0 Å². The Morgan fingerprint density at radius 1 is 1.00 bits per heavy atom. The minimum Gasteiger partial charge on any atom is -0.394 e. The van der Waals surface area contributed by atoms with Crippen molar-refractivity contribution >= 4 is 22.8 Å². The average molecular weight is 591 g/mol. The van der Waals surface area contributed by atoms with Crippen LogP contribution in [0.3, 0.4) is 0 Å². The lowest BCUT2D eigenvalue weighted by Crippen LogP contribution is -2.41. The number of aryl methyl sites for hydroxylation is 1. The number of imidazole rings is 1. The second-order valence-electron chi connectivity index (χ2n) is 10.6. The SMILES string of the molecule is NCCCN(CCCc1cn(C2C[C@H](O)[C@@H](CO)O2)c(=O)nc1N)C[C@H]1O[C@@H](n2cnc3c(N)ncnc32)[C@H](O)[C@@H]1O. The Hall–Kier alpha value is -3.29. The summed E-state index contributed by atoms with van der Waals surface area (Å²) in [4.78, 5) is 30.8. The second kappa shape index (κ2) is 12.9. The summed E-state index contributed by atoms with van der Waals surface area (Å²) in [5.74, 6) is 0.310. The lowest BCUT2D eigenvalue weighted by atomic mass is 10.1. The maximum atomic E-state index is 12.5. The lowest BCUT2D eigenvalue weighted by molar-refractivity contribution is -0.0459. The molecule has 0 aromatic carbocycles. The number of hydrogen-bond donors (Lipinski definition) is 7. The Kier molecular flexibility index (Phi) is 9.28. The van der Waals surface area contributed by atoms with Crippen molar-refractivity contribution in [2.75, 3.05) is 44.3 Å². The Morgan fingerprint density at radius 3 is 2.52 bits per heavy atom. The first-order chi connectivity index (χ1) is 20.2. The van der Waals surface area contributed by atoms with Gasteiger partial charge in [0.05, 0.1) is 19.0 Å². The number of anilines is 2. The number of fused-ring (bicyclic) bond motifs is 1. The highest BCUT2D eigenvalue weighted by Crippen LogP contribution is 2.32. The molecule has 10 N–H and O–H groups in total. The van der Waals surface area contributed by atoms with Gasteiger partial charge in [0.1, 0.15) is 48.3 Å². The predicted octanol–water partition coefficient (Wildman–Crippen LogP) is -2.91. The third-order valence-electron chi connectivity index (χ3n) is 7.79. The molecule has 42 heavy (non-hydrogen) atoms. The van der Waals surface area contributed by atoms with Gasteiger partial charge in [0.15, 0.2) is 17.7 Å². The van der Waals surface area contributed by atoms with E-state index in [2.05, 4.69) is 24.8 Å². The van der Waals surface area contributed by atoms with Crippen LogP contribution in [0.2, 0.25) is 0 Å². The quantitative estimate of drug-likeness (QED) is 0.111. The van der Waals surface area contributed by atoms with Gasteiger partial charge in [-0.25, -0.2) is 19.7 Å². The fraction of sp³-hybridized carbons (Fsp3) is 0.640. The van der Waals surface area contributed by atoms with Crippen LogP contribution < -0.4 is 22.9 Å². The molecule has 3 aromatic rings. The van der Waals surface area contributed by atoms with Crippen LogP contribution >= 0.6 is 0 Å². The van der Waals surface area contributed by atoms with E-state index < -0.39 is 48.7 Å². The minimum absolute atomic E-state index is 0.111. The van der Waals surface area contributed by atoms with Gasteiger partial charge in [0, 0.05) is 24.7 Å². The van der Waals surface area contributed by atoms with E-state index in [4.69, 9.17) is 26.7 Å². The molecule has 0 saturated carbocycles. The third kappa shape index (κ3) is 6.09. The summed E-state index contributed by atoms with van der Waals surface area (Å²) in [6.07, 6.45) is -0.157. The molecule has 17 nitrogen and oxygen atoms in total. The predicted molar refractivity (Wildman–Crippen MR) is 149 cm³/mol. The smallest absolute Gasteiger partial charge is 0.351 e. The Bertz CT molecular complexity index is 1420. The molecule has 3 aromatic heterocycles. The molecule has 5 heterocycles. The van der Waals surface area contributed by atoms with Crippen LogP contribution in [0.25, 0.3) is 11.2 Å². The zero-order valence-electron chi connectivity index (χ0n) is 23.0. The number of nitrogen functional groups attached to an aromatic ring is 2. The molecule has 0 amide bonds. The molecule has 0 aliphatic carbocycles. The van der Waals surface area contributed by atoms with E-state index >= 15 is 0 Å². The highest BCUT2D eigenvalue weighted by Gasteiger charge is 2.45. The van der Waals surface area contributed by atoms with Crippen LogP contribution in [0.5, 0.6) is 0 Å². The number of rotatable bonds is 12. The first-order valence-electron chi connectivity index (χ1n) is 13.9. The second-order valence-corrected chi connectivity index (χ2v) is 10.6. The fourth-order valence-electron chi connectivity index (χ4n) is 5.49. The highest BCUT2D eigenvalue weighted by molar-refractivity contribution is 5.81. The average Bonchev–Trinajstić information content (AvgIpc) is 3.64. The number of aliphatic hydroxyl groups excluding tert-OH is 4. The van der Waals surface area contributed by atoms with Gasteiger partial charge in [0.25, 0.3) is 0 Å². The van der Waals surface area contributed by atoms with Gasteiger partial charge < -0.3 is 52.0 Å². The van der Waals surface area contributed by atoms with Crippen LogP contribution in [-0.2, 0) is 15.9 Å². The molecule has 0 bridgehead atoms. The summed E-state index contributed by atoms with van der Waals surface area (Å²) in [5.41, 5.74) is 18.5. The van der Waals surface area contributed by atoms with E-state index in [1.807, 2.05) is 0 Å². The van der Waals surface area contributed by atoms with Crippen molar-refractivity contribution in [2.24, 2.45) is 5.73 Å². The maximum Gasteiger partial charge on any atom is 0.351 e. The van der Waals surface area contributed by atoms with Gasteiger partial charge in [-0.2, -0.15) is 4.98 Å². The maximum absolute atomic E-state index is 12.5. The highest BCUT2D eigenvalue weighted by atomic mass is 16.6. The Labute approximate surface area is 240 Å². The molecule has 230 valence electrons. The van der Waals surface area contributed by atoms with Gasteiger partial charge in [-0.05, 0) is 38.9 Å². The zero-order chi connectivity index (χ0) is 30.0. The van der Waals surface area contributed by atoms with Gasteiger partial charge in [-0.1, -0.05) is 0 Å². The van der Waals surface area contributed by atoms with Gasteiger partial charge >= 0.3 is 5.69 Å². The van der Waals surface area contributed by atoms with Crippen molar-refractivity contribution in [1.82, 2.24) is 34.0 Å². The fourth-order valence-corrected chi connectivity index (χ4v) is 5.49. The lowest BCUT2D eigenvalue weighted by Gasteiger charge is -2.26. The topological polar surface area (TPSA) is 259 Å². The summed E-state index contributed by atoms with van der Waals surface area (Å²) in [6.45, 7) is 1.64. The molecule has 0 spiro atoms. The zero-order valence-corrected chi connectivity index (χ0v) is 23.0. The summed E-state index contributed by atoms with van der Waals surface area (Å²) in [6, 6.07) is 0. The van der Waals surface area contributed by atoms with E-state index in [9.17, 15) is 25.2 Å². The van der Waals surface area contributed by atoms with Gasteiger partial charge in [0.2, 0.25) is 0 Å². The summed E-state index contributed by atoms with van der Waals surface area (Å²) in [7, 11) is 0. The van der Waals surface area contributed by atoms with Crippen LogP contribution in [0, 0.1) is 0 Å². The number of nitrogens with zero attached hydrogens (tertiary/aromatic N) is 7. The normalized spacial score (nSPS) is 27.9. The van der Waals surface area contributed by atoms with Crippen molar-refractivity contribution in [1.29, 1.82) is 0 Å². The Morgan fingerprint density at radius 2 is 1.79 bits per heavy atom. The molecule has 7 atom stereocenters. The first kappa shape index (κ1) is 30.2. The van der Waals surface area contributed by atoms with E-state index in [1.54, 1.807) is 6.20 Å². The van der Waals surface area contributed by atoms with Crippen molar-refractivity contribution in [2.45, 2.75) is 68.7 Å². The summed E-state index contributed by atoms with van der Waals surface area (Å²) in [5, 5.41) is 41.1. The van der Waals surface area contributed by atoms with Crippen molar-refractivity contribution in [3.63, 3.8) is 0 Å². The third-order valence-corrected chi connectivity index (χ3v) is 7.79. The van der Waals surface area contributed by atoms with Crippen molar-refractivity contribution < 1.29 is 29.9 Å². The molecule has 2 saturated heterocycles. The van der Waals surface area contributed by atoms with E-state index in [-0.39, 0.29) is 24.7 Å². The molecule has 2 fully saturated rings. The Balaban J connectivity index is 1.24. The van der Waals surface area contributed by atoms with E-state index in [0.717, 1.165) is 0 Å². The number of aromatic nitrogens is 6. The van der Waals surface area contributed by atoms with E-state index in [0.29, 0.717) is 62.2 Å². The monoisotopic (exact) mass is 590 g/mol. The molecule has 5 rings (SSSR count). The number of ether oxygens (including phenoxy) is 2. The first-order valence-corrected chi connectivity index (χ1v) is 13.9. The van der Waals surface area contributed by atoms with Gasteiger partial charge in [-0.3, -0.25) is 9.13 Å². The molecule has 0 radical (unpaired) electrons. The standard InChI is InChI=1S/C25H38N10O7/c26-4-2-6-33(5-1-3-13-8-34(25(40)32-21(13)27)17-7-14(37)16(10-36)41-17)9-15-19(38)20(39)24(42-15)35-12-31-18-22(28)29-11-30-23(18)35/h8,11-12,14-17,19-20,24,36-39H,1-7,9-10,26H2,(H2,27,32,40)(H2,28,29,30)/t14-,15+,16+,17?,19+,20+,24+/m0/s1. The van der Waals surface area contributed by atoms with Crippen molar-refractivity contribution in [3.05, 3.63) is 34.9 Å². The number of nitrogens with two attached hydrogens (primary N) is 3. The van der Waals surface area contributed by atoms with Crippen LogP contribution in [-0.4, -0.2) is 118 Å².